The van der Waals surface area contributed by atoms with Crippen molar-refractivity contribution < 1.29 is 4.74 Å². The fourth-order valence-electron chi connectivity index (χ4n) is 1.49. The van der Waals surface area contributed by atoms with Crippen molar-refractivity contribution in [3.8, 4) is 17.0 Å². The van der Waals surface area contributed by atoms with Crippen molar-refractivity contribution in [3.63, 3.8) is 0 Å². The molecule has 3 nitrogen and oxygen atoms in total. The normalized spacial score (nSPS) is 11.6. The van der Waals surface area contributed by atoms with Gasteiger partial charge in [-0.3, -0.25) is 0 Å². The van der Waals surface area contributed by atoms with Gasteiger partial charge in [0.05, 0.1) is 16.8 Å². The summed E-state index contributed by atoms with van der Waals surface area (Å²) in [7, 11) is 0. The summed E-state index contributed by atoms with van der Waals surface area (Å²) in [6.45, 7) is 7.11. The van der Waals surface area contributed by atoms with E-state index in [0.29, 0.717) is 11.7 Å². The van der Waals surface area contributed by atoms with Gasteiger partial charge in [-0.15, -0.1) is 11.3 Å². The lowest BCUT2D eigenvalue weighted by atomic mass is 9.99. The highest BCUT2D eigenvalue weighted by atomic mass is 79.9. The molecule has 0 spiro atoms. The smallest absolute Gasteiger partial charge is 0.180 e. The number of nitrogens with zero attached hydrogens (tertiary/aromatic N) is 1. The van der Waals surface area contributed by atoms with Crippen LogP contribution in [0, 0.1) is 5.41 Å². The van der Waals surface area contributed by atoms with E-state index in [1.54, 1.807) is 0 Å². The van der Waals surface area contributed by atoms with Gasteiger partial charge < -0.3 is 10.5 Å². The first-order valence-corrected chi connectivity index (χ1v) is 7.66. The van der Waals surface area contributed by atoms with E-state index in [2.05, 4.69) is 41.7 Å². The largest absolute Gasteiger partial charge is 0.492 e. The molecule has 102 valence electrons. The Hall–Kier alpha value is -1.07. The lowest BCUT2D eigenvalue weighted by molar-refractivity contribution is 0.197. The summed E-state index contributed by atoms with van der Waals surface area (Å²) >= 11 is 4.98. The Bertz CT molecular complexity index is 575. The zero-order valence-electron chi connectivity index (χ0n) is 11.2. The van der Waals surface area contributed by atoms with Crippen LogP contribution in [0.4, 0.5) is 5.13 Å². The van der Waals surface area contributed by atoms with E-state index in [0.717, 1.165) is 21.5 Å². The Balaban J connectivity index is 2.18. The Morgan fingerprint density at radius 2 is 2.11 bits per heavy atom. The average Bonchev–Trinajstić information content (AvgIpc) is 2.73. The zero-order chi connectivity index (χ0) is 14.0. The molecule has 0 aliphatic carbocycles. The van der Waals surface area contributed by atoms with Gasteiger partial charge in [0, 0.05) is 10.9 Å². The summed E-state index contributed by atoms with van der Waals surface area (Å²) in [6, 6.07) is 5.96. The van der Waals surface area contributed by atoms with E-state index in [9.17, 15) is 0 Å². The van der Waals surface area contributed by atoms with E-state index in [1.807, 2.05) is 23.6 Å². The maximum atomic E-state index is 5.81. The highest BCUT2D eigenvalue weighted by molar-refractivity contribution is 9.10. The minimum absolute atomic E-state index is 0.140. The number of rotatable bonds is 3. The zero-order valence-corrected chi connectivity index (χ0v) is 13.6. The second-order valence-electron chi connectivity index (χ2n) is 5.57. The predicted molar refractivity (Wildman–Crippen MR) is 84.6 cm³/mol. The van der Waals surface area contributed by atoms with Crippen LogP contribution in [0.2, 0.25) is 0 Å². The van der Waals surface area contributed by atoms with Gasteiger partial charge in [0.25, 0.3) is 0 Å². The lowest BCUT2D eigenvalue weighted by Crippen LogP contribution is -2.17. The molecule has 1 aromatic carbocycles. The number of halogens is 1. The third kappa shape index (κ3) is 3.94. The Labute approximate surface area is 125 Å². The van der Waals surface area contributed by atoms with Crippen LogP contribution in [0.5, 0.6) is 5.75 Å². The molecular formula is C14H17BrN2OS. The number of aromatic nitrogens is 1. The van der Waals surface area contributed by atoms with Gasteiger partial charge in [-0.2, -0.15) is 0 Å². The second-order valence-corrected chi connectivity index (χ2v) is 7.31. The SMILES string of the molecule is CC(C)(C)COc1ccc(-c2csc(N)n2)cc1Br. The van der Waals surface area contributed by atoms with Crippen molar-refractivity contribution in [1.29, 1.82) is 0 Å². The molecule has 0 amide bonds. The van der Waals surface area contributed by atoms with E-state index < -0.39 is 0 Å². The molecule has 5 heteroatoms. The van der Waals surface area contributed by atoms with Crippen molar-refractivity contribution in [2.24, 2.45) is 5.41 Å². The number of hydrogen-bond donors (Lipinski definition) is 1. The molecule has 0 fully saturated rings. The number of ether oxygens (including phenoxy) is 1. The first-order valence-electron chi connectivity index (χ1n) is 5.99. The molecule has 19 heavy (non-hydrogen) atoms. The lowest BCUT2D eigenvalue weighted by Gasteiger charge is -2.19. The van der Waals surface area contributed by atoms with Gasteiger partial charge in [0.1, 0.15) is 5.75 Å². The van der Waals surface area contributed by atoms with Crippen molar-refractivity contribution in [2.45, 2.75) is 20.8 Å². The molecule has 0 aliphatic rings. The summed E-state index contributed by atoms with van der Waals surface area (Å²) in [5, 5.41) is 2.53. The maximum absolute atomic E-state index is 5.81. The molecule has 2 aromatic rings. The monoisotopic (exact) mass is 340 g/mol. The number of nitrogens with two attached hydrogens (primary N) is 1. The van der Waals surface area contributed by atoms with Crippen LogP contribution in [0.15, 0.2) is 28.1 Å². The molecule has 0 radical (unpaired) electrons. The quantitative estimate of drug-likeness (QED) is 0.889. The van der Waals surface area contributed by atoms with Crippen LogP contribution in [0.1, 0.15) is 20.8 Å². The Morgan fingerprint density at radius 3 is 2.63 bits per heavy atom. The number of hydrogen-bond acceptors (Lipinski definition) is 4. The predicted octanol–water partition coefficient (Wildman–Crippen LogP) is 4.58. The molecule has 0 aliphatic heterocycles. The third-order valence-electron chi connectivity index (χ3n) is 2.41. The van der Waals surface area contributed by atoms with E-state index in [-0.39, 0.29) is 5.41 Å². The van der Waals surface area contributed by atoms with Crippen LogP contribution >= 0.6 is 27.3 Å². The summed E-state index contributed by atoms with van der Waals surface area (Å²) in [5.74, 6) is 0.849. The topological polar surface area (TPSA) is 48.1 Å². The summed E-state index contributed by atoms with van der Waals surface area (Å²) in [4.78, 5) is 4.27. The maximum Gasteiger partial charge on any atom is 0.180 e. The number of benzene rings is 1. The van der Waals surface area contributed by atoms with Gasteiger partial charge >= 0.3 is 0 Å². The Morgan fingerprint density at radius 1 is 1.37 bits per heavy atom. The first-order chi connectivity index (χ1) is 8.85. The highest BCUT2D eigenvalue weighted by Gasteiger charge is 2.13. The molecule has 1 aromatic heterocycles. The van der Waals surface area contributed by atoms with Crippen LogP contribution in [0.3, 0.4) is 0 Å². The molecule has 0 atom stereocenters. The van der Waals surface area contributed by atoms with E-state index >= 15 is 0 Å². The van der Waals surface area contributed by atoms with Crippen LogP contribution in [-0.2, 0) is 0 Å². The molecule has 2 N–H and O–H groups in total. The van der Waals surface area contributed by atoms with Crippen molar-refractivity contribution in [1.82, 2.24) is 4.98 Å². The average molecular weight is 341 g/mol. The van der Waals surface area contributed by atoms with Crippen molar-refractivity contribution in [2.75, 3.05) is 12.3 Å². The summed E-state index contributed by atoms with van der Waals surface area (Å²) < 4.78 is 6.74. The summed E-state index contributed by atoms with van der Waals surface area (Å²) in [5.41, 5.74) is 7.72. The van der Waals surface area contributed by atoms with E-state index in [4.69, 9.17) is 10.5 Å². The molecular weight excluding hydrogens is 324 g/mol. The van der Waals surface area contributed by atoms with Gasteiger partial charge in [-0.05, 0) is 39.5 Å². The standard InChI is InChI=1S/C14H17BrN2OS/c1-14(2,3)8-18-12-5-4-9(6-10(12)15)11-7-19-13(16)17-11/h4-7H,8H2,1-3H3,(H2,16,17). The number of anilines is 1. The minimum Gasteiger partial charge on any atom is -0.492 e. The molecule has 0 saturated heterocycles. The first kappa shape index (κ1) is 14.3. The van der Waals surface area contributed by atoms with Crippen LogP contribution in [-0.4, -0.2) is 11.6 Å². The van der Waals surface area contributed by atoms with Gasteiger partial charge in [0.15, 0.2) is 5.13 Å². The van der Waals surface area contributed by atoms with Gasteiger partial charge in [-0.25, -0.2) is 4.98 Å². The fourth-order valence-corrected chi connectivity index (χ4v) is 2.56. The fraction of sp³-hybridized carbons (Fsp3) is 0.357. The molecule has 0 unspecified atom stereocenters. The van der Waals surface area contributed by atoms with Gasteiger partial charge in [0.2, 0.25) is 0 Å². The van der Waals surface area contributed by atoms with Crippen LogP contribution < -0.4 is 10.5 Å². The van der Waals surface area contributed by atoms with Crippen molar-refractivity contribution >= 4 is 32.4 Å². The summed E-state index contributed by atoms with van der Waals surface area (Å²) in [6.07, 6.45) is 0. The highest BCUT2D eigenvalue weighted by Crippen LogP contribution is 2.32. The van der Waals surface area contributed by atoms with Gasteiger partial charge in [-0.1, -0.05) is 20.8 Å². The minimum atomic E-state index is 0.140. The molecule has 0 saturated carbocycles. The van der Waals surface area contributed by atoms with E-state index in [1.165, 1.54) is 11.3 Å². The molecule has 0 bridgehead atoms. The Kier molecular flexibility index (Phi) is 4.16. The van der Waals surface area contributed by atoms with Crippen molar-refractivity contribution in [3.05, 3.63) is 28.1 Å². The number of nitrogen functional groups attached to an aromatic ring is 1. The molecule has 2 rings (SSSR count). The molecule has 1 heterocycles. The van der Waals surface area contributed by atoms with Crippen LogP contribution in [0.25, 0.3) is 11.3 Å². The second kappa shape index (κ2) is 5.51. The number of thiazole rings is 1. The third-order valence-corrected chi connectivity index (χ3v) is 3.70.